The number of furan rings is 1. The van der Waals surface area contributed by atoms with Crippen molar-refractivity contribution in [2.24, 2.45) is 5.92 Å². The minimum atomic E-state index is -0.974. The molecule has 1 fully saturated rings. The lowest BCUT2D eigenvalue weighted by Gasteiger charge is -2.09. The van der Waals surface area contributed by atoms with Crippen LogP contribution in [-0.4, -0.2) is 20.9 Å². The summed E-state index contributed by atoms with van der Waals surface area (Å²) in [7, 11) is 0. The lowest BCUT2D eigenvalue weighted by Crippen LogP contribution is -2.07. The second-order valence-corrected chi connectivity index (χ2v) is 5.16. The van der Waals surface area contributed by atoms with Gasteiger partial charge in [-0.2, -0.15) is 5.10 Å². The quantitative estimate of drug-likeness (QED) is 0.917. The van der Waals surface area contributed by atoms with Crippen molar-refractivity contribution in [1.82, 2.24) is 9.78 Å². The zero-order valence-electron chi connectivity index (χ0n) is 11.0. The molecule has 5 nitrogen and oxygen atoms in total. The van der Waals surface area contributed by atoms with Crippen molar-refractivity contribution in [3.8, 4) is 11.5 Å². The molecule has 2 aromatic rings. The van der Waals surface area contributed by atoms with Gasteiger partial charge in [0.15, 0.2) is 5.76 Å². The van der Waals surface area contributed by atoms with E-state index in [0.29, 0.717) is 17.4 Å². The van der Waals surface area contributed by atoms with Crippen LogP contribution in [0.5, 0.6) is 0 Å². The van der Waals surface area contributed by atoms with E-state index in [4.69, 9.17) is 4.42 Å². The maximum atomic E-state index is 11.3. The zero-order valence-corrected chi connectivity index (χ0v) is 11.0. The van der Waals surface area contributed by atoms with Gasteiger partial charge >= 0.3 is 5.97 Å². The van der Waals surface area contributed by atoms with Gasteiger partial charge in [0.1, 0.15) is 17.0 Å². The summed E-state index contributed by atoms with van der Waals surface area (Å²) in [6, 6.07) is 3.81. The molecule has 2 aromatic heterocycles. The third kappa shape index (κ3) is 2.16. The van der Waals surface area contributed by atoms with Crippen molar-refractivity contribution in [1.29, 1.82) is 0 Å². The molecule has 0 radical (unpaired) electrons. The van der Waals surface area contributed by atoms with Crippen molar-refractivity contribution < 1.29 is 14.3 Å². The molecule has 1 saturated carbocycles. The zero-order chi connectivity index (χ0) is 13.6. The van der Waals surface area contributed by atoms with Gasteiger partial charge < -0.3 is 9.52 Å². The number of hydrogen-bond donors (Lipinski definition) is 1. The van der Waals surface area contributed by atoms with E-state index in [9.17, 15) is 9.90 Å². The smallest absolute Gasteiger partial charge is 0.339 e. The fraction of sp³-hybridized carbons (Fsp3) is 0.429. The topological polar surface area (TPSA) is 68.3 Å². The van der Waals surface area contributed by atoms with Crippen molar-refractivity contribution in [2.45, 2.75) is 32.7 Å². The predicted octanol–water partition coefficient (Wildman–Crippen LogP) is 3.12. The summed E-state index contributed by atoms with van der Waals surface area (Å²) in [4.78, 5) is 11.3. The fourth-order valence-corrected chi connectivity index (χ4v) is 2.30. The van der Waals surface area contributed by atoms with Crippen LogP contribution < -0.4 is 0 Å². The first-order valence-electron chi connectivity index (χ1n) is 6.45. The Morgan fingerprint density at radius 3 is 2.79 bits per heavy atom. The number of carboxylic acid groups (broad SMARTS) is 1. The van der Waals surface area contributed by atoms with Gasteiger partial charge in [0.05, 0.1) is 6.04 Å². The highest BCUT2D eigenvalue weighted by molar-refractivity contribution is 5.93. The standard InChI is InChI=1S/C14H16N2O3/c1-8-3-6-12(19-8)13-11(14(17)18)7-16(15-13)9(2)10-4-5-10/h3,6-7,9-10H,4-5H2,1-2H3,(H,17,18). The van der Waals surface area contributed by atoms with Crippen molar-refractivity contribution in [2.75, 3.05) is 0 Å². The lowest BCUT2D eigenvalue weighted by atomic mass is 10.2. The van der Waals surface area contributed by atoms with E-state index in [1.165, 1.54) is 12.8 Å². The molecule has 1 aliphatic carbocycles. The molecule has 0 aromatic carbocycles. The van der Waals surface area contributed by atoms with Crippen LogP contribution in [0.15, 0.2) is 22.7 Å². The summed E-state index contributed by atoms with van der Waals surface area (Å²) in [6.45, 7) is 3.90. The Balaban J connectivity index is 2.04. The maximum absolute atomic E-state index is 11.3. The van der Waals surface area contributed by atoms with E-state index in [-0.39, 0.29) is 11.6 Å². The van der Waals surface area contributed by atoms with Crippen LogP contribution in [0.1, 0.15) is 41.9 Å². The number of hydrogen-bond acceptors (Lipinski definition) is 3. The van der Waals surface area contributed by atoms with Gasteiger partial charge in [-0.05, 0) is 44.7 Å². The van der Waals surface area contributed by atoms with E-state index in [1.807, 2.05) is 13.0 Å². The summed E-state index contributed by atoms with van der Waals surface area (Å²) in [6.07, 6.45) is 4.00. The average molecular weight is 260 g/mol. The van der Waals surface area contributed by atoms with E-state index < -0.39 is 5.97 Å². The first kappa shape index (κ1) is 12.0. The third-order valence-electron chi connectivity index (χ3n) is 3.66. The second-order valence-electron chi connectivity index (χ2n) is 5.16. The Kier molecular flexibility index (Phi) is 2.69. The number of carbonyl (C=O) groups is 1. The normalized spacial score (nSPS) is 16.5. The minimum absolute atomic E-state index is 0.196. The van der Waals surface area contributed by atoms with Crippen LogP contribution >= 0.6 is 0 Å². The molecular formula is C14H16N2O3. The van der Waals surface area contributed by atoms with Gasteiger partial charge in [-0.1, -0.05) is 0 Å². The highest BCUT2D eigenvalue weighted by Gasteiger charge is 2.31. The van der Waals surface area contributed by atoms with Crippen LogP contribution in [0.4, 0.5) is 0 Å². The number of carboxylic acids is 1. The molecule has 1 aliphatic rings. The SMILES string of the molecule is Cc1ccc(-c2nn(C(C)C3CC3)cc2C(=O)O)o1. The average Bonchev–Trinajstić information content (AvgIpc) is 2.96. The van der Waals surface area contributed by atoms with Gasteiger partial charge in [0, 0.05) is 6.20 Å². The summed E-state index contributed by atoms with van der Waals surface area (Å²) in [5.41, 5.74) is 0.606. The van der Waals surface area contributed by atoms with E-state index >= 15 is 0 Å². The van der Waals surface area contributed by atoms with Crippen molar-refractivity contribution in [3.63, 3.8) is 0 Å². The molecule has 100 valence electrons. The first-order valence-corrected chi connectivity index (χ1v) is 6.45. The second kappa shape index (κ2) is 4.26. The van der Waals surface area contributed by atoms with E-state index in [1.54, 1.807) is 16.9 Å². The Bertz CT molecular complexity index is 622. The number of aromatic nitrogens is 2. The van der Waals surface area contributed by atoms with Crippen LogP contribution in [0.3, 0.4) is 0 Å². The van der Waals surface area contributed by atoms with Gasteiger partial charge in [-0.15, -0.1) is 0 Å². The fourth-order valence-electron chi connectivity index (χ4n) is 2.30. The van der Waals surface area contributed by atoms with Crippen molar-refractivity contribution in [3.05, 3.63) is 29.7 Å². The van der Waals surface area contributed by atoms with Gasteiger partial charge in [-0.3, -0.25) is 4.68 Å². The number of rotatable bonds is 4. The molecule has 2 heterocycles. The highest BCUT2D eigenvalue weighted by atomic mass is 16.4. The van der Waals surface area contributed by atoms with E-state index in [0.717, 1.165) is 5.76 Å². The van der Waals surface area contributed by atoms with E-state index in [2.05, 4.69) is 12.0 Å². The van der Waals surface area contributed by atoms with Crippen LogP contribution in [0.25, 0.3) is 11.5 Å². The Hall–Kier alpha value is -2.04. The van der Waals surface area contributed by atoms with Gasteiger partial charge in [0.25, 0.3) is 0 Å². The van der Waals surface area contributed by atoms with Gasteiger partial charge in [0.2, 0.25) is 0 Å². The first-order chi connectivity index (χ1) is 9.06. The van der Waals surface area contributed by atoms with Crippen LogP contribution in [0.2, 0.25) is 0 Å². The maximum Gasteiger partial charge on any atom is 0.339 e. The summed E-state index contributed by atoms with van der Waals surface area (Å²) >= 11 is 0. The molecule has 19 heavy (non-hydrogen) atoms. The molecule has 1 unspecified atom stereocenters. The van der Waals surface area contributed by atoms with Crippen LogP contribution in [0, 0.1) is 12.8 Å². The number of aromatic carboxylic acids is 1. The summed E-state index contributed by atoms with van der Waals surface area (Å²) in [5, 5.41) is 13.7. The Labute approximate surface area is 110 Å². The molecule has 0 aliphatic heterocycles. The largest absolute Gasteiger partial charge is 0.478 e. The Morgan fingerprint density at radius 1 is 1.53 bits per heavy atom. The molecule has 5 heteroatoms. The summed E-state index contributed by atoms with van der Waals surface area (Å²) in [5.74, 6) is 0.902. The molecule has 0 spiro atoms. The van der Waals surface area contributed by atoms with Crippen LogP contribution in [-0.2, 0) is 0 Å². The molecule has 1 atom stereocenters. The molecule has 1 N–H and O–H groups in total. The molecule has 3 rings (SSSR count). The number of aryl methyl sites for hydroxylation is 1. The highest BCUT2D eigenvalue weighted by Crippen LogP contribution is 2.39. The molecule has 0 amide bonds. The van der Waals surface area contributed by atoms with Gasteiger partial charge in [-0.25, -0.2) is 4.79 Å². The monoisotopic (exact) mass is 260 g/mol. The molecular weight excluding hydrogens is 244 g/mol. The van der Waals surface area contributed by atoms with Crippen molar-refractivity contribution >= 4 is 5.97 Å². The predicted molar refractivity (Wildman–Crippen MR) is 69.1 cm³/mol. The third-order valence-corrected chi connectivity index (χ3v) is 3.66. The Morgan fingerprint density at radius 2 is 2.26 bits per heavy atom. The summed E-state index contributed by atoms with van der Waals surface area (Å²) < 4.78 is 7.25. The number of nitrogens with zero attached hydrogens (tertiary/aromatic N) is 2. The molecule has 0 bridgehead atoms. The molecule has 0 saturated heterocycles. The lowest BCUT2D eigenvalue weighted by molar-refractivity contribution is 0.0697. The minimum Gasteiger partial charge on any atom is -0.478 e.